The molecule has 0 aliphatic carbocycles. The summed E-state index contributed by atoms with van der Waals surface area (Å²) < 4.78 is 41.9. The van der Waals surface area contributed by atoms with Crippen LogP contribution in [-0.4, -0.2) is 60.2 Å². The fourth-order valence-corrected chi connectivity index (χ4v) is 5.87. The van der Waals surface area contributed by atoms with Gasteiger partial charge in [-0.1, -0.05) is 25.1 Å². The van der Waals surface area contributed by atoms with Gasteiger partial charge in [0.05, 0.1) is 5.69 Å². The first-order chi connectivity index (χ1) is 18.8. The number of carbonyl (C=O) groups excluding carboxylic acids is 1. The summed E-state index contributed by atoms with van der Waals surface area (Å²) in [4.78, 5) is 18.8. The number of nitrogens with one attached hydrogen (secondary N) is 1. The number of halogens is 2. The average molecular weight is 585 g/mol. The van der Waals surface area contributed by atoms with Gasteiger partial charge in [0.25, 0.3) is 5.91 Å². The lowest BCUT2D eigenvalue weighted by atomic mass is 9.98. The Hall–Kier alpha value is -3.64. The summed E-state index contributed by atoms with van der Waals surface area (Å²) in [7, 11) is -4.01. The maximum atomic E-state index is 15.9. The fourth-order valence-electron chi connectivity index (χ4n) is 4.87. The predicted molar refractivity (Wildman–Crippen MR) is 154 cm³/mol. The van der Waals surface area contributed by atoms with Gasteiger partial charge in [0.2, 0.25) is 10.0 Å². The lowest BCUT2D eigenvalue weighted by molar-refractivity contribution is 0.0736. The highest BCUT2D eigenvalue weighted by Gasteiger charge is 2.27. The maximum Gasteiger partial charge on any atom is 0.253 e. The number of hydrogen-bond acceptors (Lipinski definition) is 6. The van der Waals surface area contributed by atoms with E-state index < -0.39 is 21.1 Å². The Balaban J connectivity index is 0.00000370. The Bertz CT molecular complexity index is 1590. The highest BCUT2D eigenvalue weighted by Crippen LogP contribution is 2.37. The lowest BCUT2D eigenvalue weighted by Gasteiger charge is -2.27. The van der Waals surface area contributed by atoms with Gasteiger partial charge in [-0.15, -0.1) is 12.4 Å². The van der Waals surface area contributed by atoms with E-state index in [1.165, 1.54) is 6.07 Å². The Morgan fingerprint density at radius 3 is 2.35 bits per heavy atom. The van der Waals surface area contributed by atoms with Gasteiger partial charge in [-0.05, 0) is 42.8 Å². The van der Waals surface area contributed by atoms with Crippen LogP contribution in [0.5, 0.6) is 0 Å². The van der Waals surface area contributed by atoms with Crippen LogP contribution in [0.1, 0.15) is 34.5 Å². The number of nitrogens with zero attached hydrogens (tertiary/aromatic N) is 4. The minimum Gasteiger partial charge on any atom is -0.336 e. The number of benzene rings is 2. The summed E-state index contributed by atoms with van der Waals surface area (Å²) in [5, 5.41) is 12.2. The number of primary sulfonamides is 1. The molecule has 40 heavy (non-hydrogen) atoms. The second-order valence-corrected chi connectivity index (χ2v) is 11.1. The van der Waals surface area contributed by atoms with Crippen molar-refractivity contribution >= 4 is 28.3 Å². The molecule has 210 valence electrons. The van der Waals surface area contributed by atoms with E-state index in [9.17, 15) is 13.2 Å². The number of sulfonamides is 1. The van der Waals surface area contributed by atoms with Gasteiger partial charge in [-0.2, -0.15) is 5.10 Å². The van der Waals surface area contributed by atoms with E-state index in [0.717, 1.165) is 13.1 Å². The third-order valence-electron chi connectivity index (χ3n) is 6.88. The van der Waals surface area contributed by atoms with E-state index >= 15 is 4.39 Å². The Morgan fingerprint density at radius 1 is 1.05 bits per heavy atom. The molecule has 1 aliphatic rings. The van der Waals surface area contributed by atoms with Crippen molar-refractivity contribution in [3.05, 3.63) is 90.1 Å². The normalized spacial score (nSPS) is 14.4. The molecular formula is C28H30ClFN6O3S. The first-order valence-electron chi connectivity index (χ1n) is 12.7. The molecule has 0 bridgehead atoms. The molecule has 1 amide bonds. The van der Waals surface area contributed by atoms with E-state index in [4.69, 9.17) is 10.2 Å². The van der Waals surface area contributed by atoms with Crippen LogP contribution in [0.15, 0.2) is 73.2 Å². The second-order valence-electron chi connectivity index (χ2n) is 9.36. The highest BCUT2D eigenvalue weighted by molar-refractivity contribution is 7.89. The molecule has 4 aromatic rings. The minimum absolute atomic E-state index is 0. The van der Waals surface area contributed by atoms with Crippen LogP contribution in [-0.2, 0) is 10.0 Å². The van der Waals surface area contributed by atoms with Crippen molar-refractivity contribution in [3.8, 4) is 28.1 Å². The van der Waals surface area contributed by atoms with E-state index in [0.29, 0.717) is 41.2 Å². The number of nitrogens with two attached hydrogens (primary N) is 1. The monoisotopic (exact) mass is 584 g/mol. The molecule has 1 atom stereocenters. The van der Waals surface area contributed by atoms with E-state index in [2.05, 4.69) is 10.3 Å². The molecule has 1 fully saturated rings. The molecule has 1 saturated heterocycles. The molecule has 2 aromatic heterocycles. The van der Waals surface area contributed by atoms with Gasteiger partial charge in [0, 0.05) is 72.6 Å². The third-order valence-corrected chi connectivity index (χ3v) is 8.26. The standard InChI is InChI=1S/C28H29FN6O3S.ClH/c1-2-25(39(30,37)38)23-5-3-4-22(26(23)29)24-18-35(33-27(24)19-10-12-31-13-11-19)21-8-6-20(7-9-21)28(36)34-16-14-32-15-17-34;/h3-13,18,25,32H,2,14-17H2,1H3,(H2,30,37,38);1H. The molecule has 0 saturated carbocycles. The summed E-state index contributed by atoms with van der Waals surface area (Å²) in [6.45, 7) is 4.51. The van der Waals surface area contributed by atoms with Crippen LogP contribution in [0.2, 0.25) is 0 Å². The predicted octanol–water partition coefficient (Wildman–Crippen LogP) is 3.95. The summed E-state index contributed by atoms with van der Waals surface area (Å²) in [5.74, 6) is -0.689. The SMILES string of the molecule is CCC(c1cccc(-c2cn(-c3ccc(C(=O)N4CCNCC4)cc3)nc2-c2ccncc2)c1F)S(N)(=O)=O.Cl. The zero-order valence-electron chi connectivity index (χ0n) is 21.8. The molecule has 1 aliphatic heterocycles. The largest absolute Gasteiger partial charge is 0.336 e. The molecule has 12 heteroatoms. The summed E-state index contributed by atoms with van der Waals surface area (Å²) >= 11 is 0. The Morgan fingerprint density at radius 2 is 1.73 bits per heavy atom. The van der Waals surface area contributed by atoms with Gasteiger partial charge in [-0.25, -0.2) is 22.6 Å². The average Bonchev–Trinajstić information content (AvgIpc) is 3.39. The molecule has 3 N–H and O–H groups in total. The van der Waals surface area contributed by atoms with Crippen LogP contribution in [0.4, 0.5) is 4.39 Å². The smallest absolute Gasteiger partial charge is 0.253 e. The molecular weight excluding hydrogens is 555 g/mol. The zero-order chi connectivity index (χ0) is 27.6. The fraction of sp³-hybridized carbons (Fsp3) is 0.250. The first-order valence-corrected chi connectivity index (χ1v) is 14.3. The third kappa shape index (κ3) is 5.92. The number of piperazine rings is 1. The number of hydrogen-bond donors (Lipinski definition) is 2. The van der Waals surface area contributed by atoms with Gasteiger partial charge in [0.1, 0.15) is 16.8 Å². The lowest BCUT2D eigenvalue weighted by Crippen LogP contribution is -2.46. The first kappa shape index (κ1) is 29.3. The van der Waals surface area contributed by atoms with Crippen molar-refractivity contribution < 1.29 is 17.6 Å². The van der Waals surface area contributed by atoms with Crippen molar-refractivity contribution in [1.82, 2.24) is 25.0 Å². The Kier molecular flexibility index (Phi) is 8.99. The van der Waals surface area contributed by atoms with Gasteiger partial charge >= 0.3 is 0 Å². The zero-order valence-corrected chi connectivity index (χ0v) is 23.5. The molecule has 2 aromatic carbocycles. The van der Waals surface area contributed by atoms with Gasteiger partial charge in [0.15, 0.2) is 0 Å². The maximum absolute atomic E-state index is 15.9. The Labute approximate surface area is 238 Å². The molecule has 9 nitrogen and oxygen atoms in total. The molecule has 1 unspecified atom stereocenters. The molecule has 0 radical (unpaired) electrons. The number of aromatic nitrogens is 3. The van der Waals surface area contributed by atoms with Crippen LogP contribution in [0.3, 0.4) is 0 Å². The van der Waals surface area contributed by atoms with Crippen LogP contribution < -0.4 is 10.5 Å². The van der Waals surface area contributed by atoms with Crippen LogP contribution in [0, 0.1) is 5.82 Å². The van der Waals surface area contributed by atoms with Crippen LogP contribution >= 0.6 is 12.4 Å². The summed E-state index contributed by atoms with van der Waals surface area (Å²) in [6, 6.07) is 15.3. The van der Waals surface area contributed by atoms with Gasteiger partial charge in [-0.3, -0.25) is 9.78 Å². The summed E-state index contributed by atoms with van der Waals surface area (Å²) in [5.41, 5.74) is 3.17. The topological polar surface area (TPSA) is 123 Å². The van der Waals surface area contributed by atoms with Crippen molar-refractivity contribution in [2.24, 2.45) is 5.14 Å². The van der Waals surface area contributed by atoms with Crippen molar-refractivity contribution in [2.45, 2.75) is 18.6 Å². The van der Waals surface area contributed by atoms with Gasteiger partial charge < -0.3 is 10.2 Å². The summed E-state index contributed by atoms with van der Waals surface area (Å²) in [6.07, 6.45) is 5.07. The van der Waals surface area contributed by atoms with E-state index in [1.807, 2.05) is 4.90 Å². The molecule has 3 heterocycles. The second kappa shape index (κ2) is 12.3. The quantitative estimate of drug-likeness (QED) is 0.339. The van der Waals surface area contributed by atoms with Crippen molar-refractivity contribution in [3.63, 3.8) is 0 Å². The number of pyridine rings is 1. The minimum atomic E-state index is -4.01. The molecule has 5 rings (SSSR count). The number of amides is 1. The van der Waals surface area contributed by atoms with E-state index in [1.54, 1.807) is 78.7 Å². The molecule has 0 spiro atoms. The number of rotatable bonds is 7. The van der Waals surface area contributed by atoms with Crippen molar-refractivity contribution in [2.75, 3.05) is 26.2 Å². The van der Waals surface area contributed by atoms with Crippen molar-refractivity contribution in [1.29, 1.82) is 0 Å². The number of carbonyl (C=O) groups is 1. The van der Waals surface area contributed by atoms with Crippen LogP contribution in [0.25, 0.3) is 28.1 Å². The van der Waals surface area contributed by atoms with E-state index in [-0.39, 0.29) is 35.9 Å². The highest BCUT2D eigenvalue weighted by atomic mass is 35.5.